The number of hydrogen-bond donors (Lipinski definition) is 2. The fourth-order valence-corrected chi connectivity index (χ4v) is 12.8. The topological polar surface area (TPSA) is 75.6 Å². The molecule has 4 unspecified atom stereocenters. The van der Waals surface area contributed by atoms with Gasteiger partial charge in [0, 0.05) is 6.54 Å². The quantitative estimate of drug-likeness (QED) is 0.217. The van der Waals surface area contributed by atoms with Crippen LogP contribution in [0.2, 0.25) is 0 Å². The number of carbonyl (C=O) groups excluding carboxylic acids is 1. The van der Waals surface area contributed by atoms with E-state index in [1.165, 1.54) is 61.6 Å². The van der Waals surface area contributed by atoms with Gasteiger partial charge < -0.3 is 15.2 Å². The molecule has 4 fully saturated rings. The summed E-state index contributed by atoms with van der Waals surface area (Å²) in [5.41, 5.74) is 4.55. The van der Waals surface area contributed by atoms with E-state index in [4.69, 9.17) is 4.74 Å². The molecule has 308 valence electrons. The molecule has 2 aromatic rings. The summed E-state index contributed by atoms with van der Waals surface area (Å²) in [7, 11) is 1.69. The number of amides is 1. The van der Waals surface area contributed by atoms with Gasteiger partial charge in [0.05, 0.1) is 18.1 Å². The standard InChI is InChI=1S/C42H55NO4.C2H6.C2H4.3C2H2/c1-39(2)32(28-10-12-29(13-11-28)37(44)45)18-23-41(4)35(39)20-24-40(3)33-19-25-42(22-6-7-34(42)31(33)16-17-36(40)41)38(46)43-26-21-27-8-14-30(47-5)15-9-27;5*1-2/h8-15,18,31,33-36H,6-7,16-17,19-26H2,1-5H3,(H,43,46)(H,44,45);1-2H3;1-2H2;3*1-2H/t31-,33?,34?,35?,36?,40-,41-,42-;;;;;/m0...../s1. The van der Waals surface area contributed by atoms with Gasteiger partial charge in [0.1, 0.15) is 5.75 Å². The minimum atomic E-state index is -0.869. The van der Waals surface area contributed by atoms with Gasteiger partial charge in [-0.3, -0.25) is 4.79 Å². The van der Waals surface area contributed by atoms with Crippen molar-refractivity contribution >= 4 is 17.4 Å². The van der Waals surface area contributed by atoms with Crippen molar-refractivity contribution in [3.63, 3.8) is 0 Å². The number of aromatic carboxylic acids is 1. The summed E-state index contributed by atoms with van der Waals surface area (Å²) in [6.07, 6.45) is 39.2. The number of benzene rings is 2. The van der Waals surface area contributed by atoms with E-state index in [0.29, 0.717) is 53.0 Å². The number of carboxylic acid groups (broad SMARTS) is 1. The van der Waals surface area contributed by atoms with Crippen molar-refractivity contribution < 1.29 is 19.4 Å². The second kappa shape index (κ2) is 21.2. The average molecular weight is 774 g/mol. The second-order valence-corrected chi connectivity index (χ2v) is 17.0. The molecule has 0 aliphatic heterocycles. The highest BCUT2D eigenvalue weighted by Crippen LogP contribution is 2.73. The molecule has 0 heterocycles. The molecule has 8 atom stereocenters. The Bertz CT molecular complexity index is 1680. The fourth-order valence-electron chi connectivity index (χ4n) is 12.8. The van der Waals surface area contributed by atoms with Crippen LogP contribution in [0.15, 0.2) is 67.8 Å². The van der Waals surface area contributed by atoms with E-state index in [9.17, 15) is 14.7 Å². The van der Waals surface area contributed by atoms with Gasteiger partial charge in [-0.2, -0.15) is 0 Å². The van der Waals surface area contributed by atoms with Crippen LogP contribution in [0.1, 0.15) is 127 Å². The molecule has 5 aliphatic carbocycles. The van der Waals surface area contributed by atoms with Crippen LogP contribution >= 0.6 is 0 Å². The first-order valence-electron chi connectivity index (χ1n) is 20.9. The summed E-state index contributed by atoms with van der Waals surface area (Å²) < 4.78 is 5.30. The third-order valence-corrected chi connectivity index (χ3v) is 14.8. The summed E-state index contributed by atoms with van der Waals surface area (Å²) in [6, 6.07) is 15.8. The number of rotatable bonds is 7. The van der Waals surface area contributed by atoms with E-state index in [-0.39, 0.29) is 16.2 Å². The van der Waals surface area contributed by atoms with Crippen molar-refractivity contribution in [3.05, 3.63) is 84.5 Å². The van der Waals surface area contributed by atoms with Gasteiger partial charge in [0.15, 0.2) is 0 Å². The Morgan fingerprint density at radius 3 is 1.96 bits per heavy atom. The highest BCUT2D eigenvalue weighted by molar-refractivity contribution is 5.88. The van der Waals surface area contributed by atoms with Crippen molar-refractivity contribution in [2.24, 2.45) is 51.2 Å². The lowest BCUT2D eigenvalue weighted by atomic mass is 9.36. The largest absolute Gasteiger partial charge is 0.497 e. The van der Waals surface area contributed by atoms with Crippen LogP contribution < -0.4 is 10.1 Å². The van der Waals surface area contributed by atoms with Crippen molar-refractivity contribution in [2.75, 3.05) is 13.7 Å². The SMILES string of the molecule is C#C.C#C.C#C.C=C.CC.COc1ccc(CCNC(=O)[C@]23CCCC2[C@H]2CCC4[C@@](C)(CCC5C(C)(C)C(c6ccc(C(=O)O)cc6)=CC[C@@]54C)C2CC3)cc1. The number of nitrogens with one attached hydrogen (secondary N) is 1. The van der Waals surface area contributed by atoms with E-state index >= 15 is 0 Å². The molecule has 2 aromatic carbocycles. The number of terminal acetylenes is 3. The summed E-state index contributed by atoms with van der Waals surface area (Å²) in [4.78, 5) is 25.6. The molecular formula is C52H71NO4. The van der Waals surface area contributed by atoms with Gasteiger partial charge in [0.2, 0.25) is 5.91 Å². The van der Waals surface area contributed by atoms with Crippen LogP contribution in [0.5, 0.6) is 5.75 Å². The molecule has 7 rings (SSSR count). The molecule has 5 nitrogen and oxygen atoms in total. The molecule has 0 aromatic heterocycles. The number of ether oxygens (including phenoxy) is 1. The molecule has 0 radical (unpaired) electrons. The van der Waals surface area contributed by atoms with E-state index in [2.05, 4.69) is 103 Å². The summed E-state index contributed by atoms with van der Waals surface area (Å²) in [5, 5.41) is 12.9. The maximum atomic E-state index is 14.1. The molecular weight excluding hydrogens is 703 g/mol. The van der Waals surface area contributed by atoms with Gasteiger partial charge in [-0.25, -0.2) is 4.79 Å². The first-order chi connectivity index (χ1) is 27.4. The van der Waals surface area contributed by atoms with Crippen LogP contribution in [-0.2, 0) is 11.2 Å². The Morgan fingerprint density at radius 1 is 0.772 bits per heavy atom. The monoisotopic (exact) mass is 774 g/mol. The highest BCUT2D eigenvalue weighted by atomic mass is 16.5. The average Bonchev–Trinajstić information content (AvgIpc) is 3.71. The predicted molar refractivity (Wildman–Crippen MR) is 239 cm³/mol. The Kier molecular flexibility index (Phi) is 18.0. The smallest absolute Gasteiger partial charge is 0.335 e. The number of fused-ring (bicyclic) bond motifs is 7. The van der Waals surface area contributed by atoms with Crippen LogP contribution in [-0.4, -0.2) is 30.6 Å². The number of carboxylic acids is 1. The number of hydrogen-bond acceptors (Lipinski definition) is 3. The van der Waals surface area contributed by atoms with Gasteiger partial charge in [-0.15, -0.1) is 51.7 Å². The van der Waals surface area contributed by atoms with Crippen molar-refractivity contribution in [2.45, 2.75) is 112 Å². The molecule has 0 bridgehead atoms. The minimum absolute atomic E-state index is 0.0208. The predicted octanol–water partition coefficient (Wildman–Crippen LogP) is 11.8. The van der Waals surface area contributed by atoms with Crippen LogP contribution in [0.4, 0.5) is 0 Å². The van der Waals surface area contributed by atoms with Gasteiger partial charge in [-0.05, 0) is 151 Å². The molecule has 2 N–H and O–H groups in total. The van der Waals surface area contributed by atoms with Crippen molar-refractivity contribution in [1.82, 2.24) is 5.32 Å². The minimum Gasteiger partial charge on any atom is -0.497 e. The lowest BCUT2D eigenvalue weighted by molar-refractivity contribution is -0.181. The number of carbonyl (C=O) groups is 2. The summed E-state index contributed by atoms with van der Waals surface area (Å²) in [5.74, 6) is 3.50. The van der Waals surface area contributed by atoms with Crippen molar-refractivity contribution in [1.29, 1.82) is 0 Å². The Balaban J connectivity index is 0.00000104. The van der Waals surface area contributed by atoms with Gasteiger partial charge in [0.25, 0.3) is 0 Å². The molecule has 5 aliphatic rings. The van der Waals surface area contributed by atoms with Crippen LogP contribution in [0.25, 0.3) is 5.57 Å². The molecule has 5 heteroatoms. The summed E-state index contributed by atoms with van der Waals surface area (Å²) in [6.45, 7) is 20.9. The molecule has 4 saturated carbocycles. The van der Waals surface area contributed by atoms with Crippen LogP contribution in [0.3, 0.4) is 0 Å². The lowest BCUT2D eigenvalue weighted by Crippen LogP contribution is -2.62. The summed E-state index contributed by atoms with van der Waals surface area (Å²) >= 11 is 0. The second-order valence-electron chi connectivity index (χ2n) is 17.0. The maximum Gasteiger partial charge on any atom is 0.335 e. The van der Waals surface area contributed by atoms with Gasteiger partial charge >= 0.3 is 5.97 Å². The zero-order valence-electron chi connectivity index (χ0n) is 36.1. The van der Waals surface area contributed by atoms with E-state index in [1.54, 1.807) is 19.2 Å². The number of allylic oxidation sites excluding steroid dienone is 2. The highest BCUT2D eigenvalue weighted by Gasteiger charge is 2.66. The Hall–Kier alpha value is -4.66. The maximum absolute atomic E-state index is 14.1. The van der Waals surface area contributed by atoms with Gasteiger partial charge in [-0.1, -0.05) is 78.3 Å². The first kappa shape index (κ1) is 48.5. The molecule has 0 spiro atoms. The fraction of sp³-hybridized carbons (Fsp3) is 0.538. The van der Waals surface area contributed by atoms with Crippen LogP contribution in [0, 0.1) is 89.8 Å². The Labute approximate surface area is 346 Å². The third-order valence-electron chi connectivity index (χ3n) is 14.8. The molecule has 1 amide bonds. The van der Waals surface area contributed by atoms with E-state index in [1.807, 2.05) is 38.1 Å². The third kappa shape index (κ3) is 9.08. The zero-order chi connectivity index (χ0) is 43.2. The molecule has 0 saturated heterocycles. The van der Waals surface area contributed by atoms with Crippen molar-refractivity contribution in [3.8, 4) is 44.3 Å². The van der Waals surface area contributed by atoms with E-state index in [0.717, 1.165) is 31.4 Å². The Morgan fingerprint density at radius 2 is 1.39 bits per heavy atom. The van der Waals surface area contributed by atoms with E-state index < -0.39 is 5.97 Å². The zero-order valence-corrected chi connectivity index (χ0v) is 36.1. The first-order valence-corrected chi connectivity index (χ1v) is 20.9. The normalized spacial score (nSPS) is 30.8. The lowest BCUT2D eigenvalue weighted by Gasteiger charge is -2.68. The number of methoxy groups -OCH3 is 1. The molecule has 57 heavy (non-hydrogen) atoms.